The Morgan fingerprint density at radius 2 is 1.00 bits per heavy atom. The number of aromatic nitrogens is 4. The number of ether oxygens (including phenoxy) is 2. The van der Waals surface area contributed by atoms with E-state index in [4.69, 9.17) is 38.4 Å². The molecular formula is C47H58Cl2N10O6S2. The Kier molecular flexibility index (Phi) is 18.6. The monoisotopic (exact) mass is 992 g/mol. The van der Waals surface area contributed by atoms with E-state index in [2.05, 4.69) is 60.4 Å². The zero-order chi connectivity index (χ0) is 48.9. The van der Waals surface area contributed by atoms with Crippen LogP contribution in [0.2, 0.25) is 10.0 Å². The third kappa shape index (κ3) is 13.9. The largest absolute Gasteiger partial charge is 0.495 e. The van der Waals surface area contributed by atoms with Crippen molar-refractivity contribution in [2.75, 3.05) is 48.6 Å². The molecule has 0 spiro atoms. The summed E-state index contributed by atoms with van der Waals surface area (Å²) in [4.78, 5) is 17.8. The van der Waals surface area contributed by atoms with Gasteiger partial charge in [0.2, 0.25) is 11.9 Å². The van der Waals surface area contributed by atoms with Crippen LogP contribution in [-0.2, 0) is 32.5 Å². The van der Waals surface area contributed by atoms with E-state index in [9.17, 15) is 16.8 Å². The molecule has 7 N–H and O–H groups in total. The smallest absolute Gasteiger partial charge is 0.229 e. The molecule has 6 aromatic rings. The molecule has 4 aromatic carbocycles. The molecule has 0 aliphatic rings. The van der Waals surface area contributed by atoms with E-state index < -0.39 is 30.2 Å². The molecule has 0 unspecified atom stereocenters. The fourth-order valence-electron chi connectivity index (χ4n) is 6.36. The van der Waals surface area contributed by atoms with E-state index in [1.54, 1.807) is 90.4 Å². The lowest BCUT2D eigenvalue weighted by Gasteiger charge is -2.16. The minimum Gasteiger partial charge on any atom is -0.495 e. The molecule has 0 aliphatic heterocycles. The van der Waals surface area contributed by atoms with Crippen molar-refractivity contribution in [2.24, 2.45) is 5.73 Å². The Balaban J connectivity index is 0.000000252. The van der Waals surface area contributed by atoms with Gasteiger partial charge in [-0.05, 0) is 113 Å². The van der Waals surface area contributed by atoms with Crippen LogP contribution < -0.4 is 41.8 Å². The summed E-state index contributed by atoms with van der Waals surface area (Å²) in [6.07, 6.45) is 4.47. The molecule has 0 bridgehead atoms. The zero-order valence-corrected chi connectivity index (χ0v) is 41.8. The number of benzene rings is 4. The standard InChI is InChI=1S/C25H32ClN5O3S.C22H26ClN5O3S/c1-16(2)27-13-12-18-10-11-22(34-5)21(14-18)30-25-28-15-19(26)24(31-25)29-20-8-6-7-9-23(20)35(32,33)17(3)4;1-14(2)32(29,30)20-7-5-4-6-17(20)26-21-16(23)13-25-22(28-21)27-18-12-15(10-11-24)8-9-19(18)31-3/h6-11,14-17,27H,12-13H2,1-5H3,(H2,28,29,30,31);4-9,12-14H,10-11,24H2,1-3H3,(H2,25,26,27,28). The highest BCUT2D eigenvalue weighted by Crippen LogP contribution is 2.34. The molecule has 0 saturated carbocycles. The Hall–Kier alpha value is -5.76. The summed E-state index contributed by atoms with van der Waals surface area (Å²) in [5.41, 5.74) is 9.99. The number of sulfone groups is 2. The van der Waals surface area contributed by atoms with Gasteiger partial charge >= 0.3 is 0 Å². The van der Waals surface area contributed by atoms with Crippen LogP contribution in [0.1, 0.15) is 52.7 Å². The maximum atomic E-state index is 12.8. The van der Waals surface area contributed by atoms with E-state index in [-0.39, 0.29) is 43.4 Å². The third-order valence-electron chi connectivity index (χ3n) is 10.0. The molecule has 0 saturated heterocycles. The van der Waals surface area contributed by atoms with Crippen LogP contribution in [0.15, 0.2) is 107 Å². The van der Waals surface area contributed by atoms with Crippen LogP contribution in [0.25, 0.3) is 0 Å². The van der Waals surface area contributed by atoms with Crippen molar-refractivity contribution in [1.82, 2.24) is 25.3 Å². The first-order valence-electron chi connectivity index (χ1n) is 21.4. The molecule has 6 rings (SSSR count). The van der Waals surface area contributed by atoms with Crippen molar-refractivity contribution in [1.29, 1.82) is 0 Å². The highest BCUT2D eigenvalue weighted by Gasteiger charge is 2.25. The Labute approximate surface area is 403 Å². The zero-order valence-electron chi connectivity index (χ0n) is 38.7. The topological polar surface area (TPSA) is 224 Å². The number of hydrogen-bond donors (Lipinski definition) is 6. The van der Waals surface area contributed by atoms with Crippen molar-refractivity contribution in [3.05, 3.63) is 118 Å². The molecule has 358 valence electrons. The molecule has 2 heterocycles. The van der Waals surface area contributed by atoms with Crippen molar-refractivity contribution >= 4 is 89.2 Å². The van der Waals surface area contributed by atoms with Gasteiger partial charge in [-0.1, -0.05) is 73.4 Å². The number of halogens is 2. The van der Waals surface area contributed by atoms with Crippen molar-refractivity contribution in [3.8, 4) is 11.5 Å². The number of anilines is 8. The van der Waals surface area contributed by atoms with E-state index >= 15 is 0 Å². The average Bonchev–Trinajstić information content (AvgIpc) is 3.29. The first kappa shape index (κ1) is 52.2. The minimum absolute atomic E-state index is 0.176. The fraction of sp³-hybridized carbons (Fsp3) is 0.319. The van der Waals surface area contributed by atoms with E-state index in [1.807, 2.05) is 36.4 Å². The van der Waals surface area contributed by atoms with Crippen LogP contribution in [0, 0.1) is 0 Å². The van der Waals surface area contributed by atoms with Gasteiger partial charge < -0.3 is 41.8 Å². The van der Waals surface area contributed by atoms with Crippen molar-refractivity contribution in [2.45, 2.75) is 80.7 Å². The molecule has 0 amide bonds. The molecule has 20 heteroatoms. The maximum Gasteiger partial charge on any atom is 0.229 e. The van der Waals surface area contributed by atoms with Crippen LogP contribution in [0.3, 0.4) is 0 Å². The summed E-state index contributed by atoms with van der Waals surface area (Å²) in [6.45, 7) is 12.2. The molecule has 0 fully saturated rings. The van der Waals surface area contributed by atoms with Gasteiger partial charge in [-0.2, -0.15) is 9.97 Å². The normalized spacial score (nSPS) is 11.6. The second-order valence-corrected chi connectivity index (χ2v) is 21.7. The lowest BCUT2D eigenvalue weighted by atomic mass is 10.1. The number of methoxy groups -OCH3 is 2. The van der Waals surface area contributed by atoms with Crippen LogP contribution in [-0.4, -0.2) is 80.6 Å². The van der Waals surface area contributed by atoms with Gasteiger partial charge in [0.05, 0.1) is 69.7 Å². The highest BCUT2D eigenvalue weighted by atomic mass is 35.5. The molecule has 0 aliphatic carbocycles. The molecule has 2 aromatic heterocycles. The number of nitrogens with zero attached hydrogens (tertiary/aromatic N) is 4. The lowest BCUT2D eigenvalue weighted by molar-refractivity contribution is 0.416. The second-order valence-electron chi connectivity index (χ2n) is 15.9. The summed E-state index contributed by atoms with van der Waals surface area (Å²) >= 11 is 12.6. The summed E-state index contributed by atoms with van der Waals surface area (Å²) in [6, 6.07) is 25.4. The molecule has 0 radical (unpaired) electrons. The van der Waals surface area contributed by atoms with E-state index in [0.29, 0.717) is 53.3 Å². The van der Waals surface area contributed by atoms with Crippen LogP contribution in [0.5, 0.6) is 11.5 Å². The Bertz CT molecular complexity index is 2850. The van der Waals surface area contributed by atoms with Crippen molar-refractivity contribution in [3.63, 3.8) is 0 Å². The molecule has 0 atom stereocenters. The predicted octanol–water partition coefficient (Wildman–Crippen LogP) is 9.66. The second kappa shape index (κ2) is 23.8. The first-order chi connectivity index (χ1) is 31.9. The van der Waals surface area contributed by atoms with Crippen LogP contribution in [0.4, 0.5) is 46.3 Å². The molecule has 16 nitrogen and oxygen atoms in total. The summed E-state index contributed by atoms with van der Waals surface area (Å²) in [5, 5.41) is 15.2. The maximum absolute atomic E-state index is 12.8. The first-order valence-corrected chi connectivity index (χ1v) is 25.3. The van der Waals surface area contributed by atoms with Gasteiger partial charge in [-0.25, -0.2) is 26.8 Å². The Morgan fingerprint density at radius 1 is 0.582 bits per heavy atom. The number of rotatable bonds is 20. The number of hydrogen-bond acceptors (Lipinski definition) is 16. The SMILES string of the molecule is COc1ccc(CCN)cc1Nc1ncc(Cl)c(Nc2ccccc2S(=O)(=O)C(C)C)n1.COc1ccc(CCNC(C)C)cc1Nc1ncc(Cl)c(Nc2ccccc2S(=O)(=O)C(C)C)n1. The van der Waals surface area contributed by atoms with Crippen LogP contribution >= 0.6 is 23.2 Å². The van der Waals surface area contributed by atoms with Crippen molar-refractivity contribution < 1.29 is 26.3 Å². The lowest BCUT2D eigenvalue weighted by Crippen LogP contribution is -2.24. The van der Waals surface area contributed by atoms with Gasteiger partial charge in [-0.15, -0.1) is 0 Å². The number of nitrogens with two attached hydrogens (primary N) is 1. The summed E-state index contributed by atoms with van der Waals surface area (Å²) in [7, 11) is -3.85. The summed E-state index contributed by atoms with van der Waals surface area (Å²) in [5.74, 6) is 2.37. The highest BCUT2D eigenvalue weighted by molar-refractivity contribution is 7.92. The minimum atomic E-state index is -3.51. The van der Waals surface area contributed by atoms with E-state index in [1.165, 1.54) is 12.4 Å². The van der Waals surface area contributed by atoms with Gasteiger partial charge in [0.1, 0.15) is 21.5 Å². The predicted molar refractivity (Wildman–Crippen MR) is 270 cm³/mol. The Morgan fingerprint density at radius 3 is 1.39 bits per heavy atom. The van der Waals surface area contributed by atoms with E-state index in [0.717, 1.165) is 24.1 Å². The number of para-hydroxylation sites is 2. The summed E-state index contributed by atoms with van der Waals surface area (Å²) < 4.78 is 62.0. The number of nitrogens with one attached hydrogen (secondary N) is 5. The van der Waals surface area contributed by atoms with Gasteiger partial charge in [0.25, 0.3) is 0 Å². The third-order valence-corrected chi connectivity index (χ3v) is 15.0. The van der Waals surface area contributed by atoms with Gasteiger partial charge in [0.15, 0.2) is 31.3 Å². The average molecular weight is 994 g/mol. The molecular weight excluding hydrogens is 936 g/mol. The molecule has 67 heavy (non-hydrogen) atoms. The van der Waals surface area contributed by atoms with Gasteiger partial charge in [-0.3, -0.25) is 0 Å². The quantitative estimate of drug-likeness (QED) is 0.0419. The van der Waals surface area contributed by atoms with Gasteiger partial charge in [0, 0.05) is 6.04 Å². The fourth-order valence-corrected chi connectivity index (χ4v) is 9.04.